The van der Waals surface area contributed by atoms with Crippen molar-refractivity contribution >= 4 is 11.7 Å². The molecular formula is C15H20F2N2O3. The number of halogens is 2. The molecule has 0 radical (unpaired) electrons. The van der Waals surface area contributed by atoms with Crippen molar-refractivity contribution in [3.63, 3.8) is 0 Å². The zero-order valence-corrected chi connectivity index (χ0v) is 12.6. The Morgan fingerprint density at radius 1 is 1.45 bits per heavy atom. The molecule has 0 spiro atoms. The van der Waals surface area contributed by atoms with Crippen molar-refractivity contribution < 1.29 is 23.0 Å². The number of alkyl halides is 2. The monoisotopic (exact) mass is 314 g/mol. The maximum atomic E-state index is 12.3. The van der Waals surface area contributed by atoms with E-state index in [9.17, 15) is 13.6 Å². The molecule has 1 saturated heterocycles. The normalized spacial score (nSPS) is 19.0. The minimum absolute atomic E-state index is 0.0142. The number of nitrogens with one attached hydrogen (secondary N) is 2. The number of hydrogen-bond acceptors (Lipinski definition) is 3. The van der Waals surface area contributed by atoms with Crippen LogP contribution < -0.4 is 15.4 Å². The first-order chi connectivity index (χ1) is 10.5. The number of urea groups is 1. The highest BCUT2D eigenvalue weighted by Gasteiger charge is 2.23. The van der Waals surface area contributed by atoms with E-state index in [2.05, 4.69) is 15.4 Å². The van der Waals surface area contributed by atoms with E-state index >= 15 is 0 Å². The molecule has 2 N–H and O–H groups in total. The Kier molecular flexibility index (Phi) is 5.54. The van der Waals surface area contributed by atoms with Crippen molar-refractivity contribution in [3.05, 3.63) is 23.8 Å². The number of carbonyl (C=O) groups is 1. The highest BCUT2D eigenvalue weighted by molar-refractivity contribution is 5.90. The van der Waals surface area contributed by atoms with Crippen LogP contribution in [0.25, 0.3) is 0 Å². The summed E-state index contributed by atoms with van der Waals surface area (Å²) in [7, 11) is 0. The number of benzene rings is 1. The SMILES string of the molecule is Cc1c(NC(=O)N[C@@H](C)[C@@H]2CCCO2)cccc1OC(F)F. The highest BCUT2D eigenvalue weighted by Crippen LogP contribution is 2.26. The summed E-state index contributed by atoms with van der Waals surface area (Å²) in [6.45, 7) is 1.29. The van der Waals surface area contributed by atoms with Crippen LogP contribution in [0.4, 0.5) is 19.3 Å². The summed E-state index contributed by atoms with van der Waals surface area (Å²) < 4.78 is 34.5. The van der Waals surface area contributed by atoms with Crippen molar-refractivity contribution in [1.29, 1.82) is 0 Å². The molecule has 1 heterocycles. The Morgan fingerprint density at radius 3 is 2.86 bits per heavy atom. The number of rotatable bonds is 5. The number of anilines is 1. The molecule has 1 aromatic carbocycles. The van der Waals surface area contributed by atoms with Crippen LogP contribution in [0.15, 0.2) is 18.2 Å². The van der Waals surface area contributed by atoms with Gasteiger partial charge in [0.05, 0.1) is 12.1 Å². The van der Waals surface area contributed by atoms with Crippen LogP contribution in [-0.4, -0.2) is 31.4 Å². The maximum absolute atomic E-state index is 12.3. The molecule has 0 aromatic heterocycles. The molecule has 1 aromatic rings. The lowest BCUT2D eigenvalue weighted by molar-refractivity contribution is -0.0502. The summed E-state index contributed by atoms with van der Waals surface area (Å²) in [5.74, 6) is 0.0416. The molecule has 0 aliphatic carbocycles. The highest BCUT2D eigenvalue weighted by atomic mass is 19.3. The quantitative estimate of drug-likeness (QED) is 0.877. The lowest BCUT2D eigenvalue weighted by Crippen LogP contribution is -2.43. The predicted molar refractivity (Wildman–Crippen MR) is 78.4 cm³/mol. The summed E-state index contributed by atoms with van der Waals surface area (Å²) in [5.41, 5.74) is 0.873. The van der Waals surface area contributed by atoms with Gasteiger partial charge >= 0.3 is 12.6 Å². The average molecular weight is 314 g/mol. The average Bonchev–Trinajstić information content (AvgIpc) is 2.97. The van der Waals surface area contributed by atoms with Gasteiger partial charge in [0.15, 0.2) is 0 Å². The van der Waals surface area contributed by atoms with E-state index in [4.69, 9.17) is 4.74 Å². The predicted octanol–water partition coefficient (Wildman–Crippen LogP) is 3.29. The van der Waals surface area contributed by atoms with Crippen LogP contribution in [0.2, 0.25) is 0 Å². The van der Waals surface area contributed by atoms with Crippen LogP contribution in [0.5, 0.6) is 5.75 Å². The molecule has 2 amide bonds. The Morgan fingerprint density at radius 2 is 2.23 bits per heavy atom. The molecule has 0 unspecified atom stereocenters. The molecule has 0 bridgehead atoms. The van der Waals surface area contributed by atoms with Crippen LogP contribution in [0, 0.1) is 6.92 Å². The molecule has 122 valence electrons. The van der Waals surface area contributed by atoms with Gasteiger partial charge in [0.1, 0.15) is 5.75 Å². The molecule has 2 rings (SSSR count). The second-order valence-corrected chi connectivity index (χ2v) is 5.25. The largest absolute Gasteiger partial charge is 0.434 e. The summed E-state index contributed by atoms with van der Waals surface area (Å²) in [6.07, 6.45) is 1.92. The van der Waals surface area contributed by atoms with Gasteiger partial charge in [-0.3, -0.25) is 0 Å². The van der Waals surface area contributed by atoms with E-state index in [-0.39, 0.29) is 17.9 Å². The number of ether oxygens (including phenoxy) is 2. The molecular weight excluding hydrogens is 294 g/mol. The van der Waals surface area contributed by atoms with E-state index < -0.39 is 12.6 Å². The van der Waals surface area contributed by atoms with Crippen molar-refractivity contribution in [1.82, 2.24) is 5.32 Å². The molecule has 7 heteroatoms. The molecule has 1 aliphatic heterocycles. The Labute approximate surface area is 128 Å². The van der Waals surface area contributed by atoms with E-state index in [0.29, 0.717) is 17.9 Å². The smallest absolute Gasteiger partial charge is 0.387 e. The van der Waals surface area contributed by atoms with Crippen molar-refractivity contribution in [2.45, 2.75) is 45.4 Å². The van der Waals surface area contributed by atoms with Gasteiger partial charge in [0.25, 0.3) is 0 Å². The minimum atomic E-state index is -2.90. The number of hydrogen-bond donors (Lipinski definition) is 2. The van der Waals surface area contributed by atoms with Gasteiger partial charge < -0.3 is 20.1 Å². The van der Waals surface area contributed by atoms with Gasteiger partial charge in [0, 0.05) is 17.9 Å². The first-order valence-electron chi connectivity index (χ1n) is 7.21. The summed E-state index contributed by atoms with van der Waals surface area (Å²) in [5, 5.41) is 5.44. The third-order valence-electron chi connectivity index (χ3n) is 3.63. The van der Waals surface area contributed by atoms with Gasteiger partial charge in [-0.25, -0.2) is 4.79 Å². The van der Waals surface area contributed by atoms with Crippen molar-refractivity contribution in [2.24, 2.45) is 0 Å². The summed E-state index contributed by atoms with van der Waals surface area (Å²) in [4.78, 5) is 12.0. The van der Waals surface area contributed by atoms with Crippen LogP contribution in [0.1, 0.15) is 25.3 Å². The van der Waals surface area contributed by atoms with Crippen LogP contribution >= 0.6 is 0 Å². The minimum Gasteiger partial charge on any atom is -0.434 e. The van der Waals surface area contributed by atoms with Gasteiger partial charge in [-0.05, 0) is 38.8 Å². The molecule has 1 fully saturated rings. The van der Waals surface area contributed by atoms with Crippen LogP contribution in [-0.2, 0) is 4.74 Å². The van der Waals surface area contributed by atoms with Gasteiger partial charge in [0.2, 0.25) is 0 Å². The standard InChI is InChI=1S/C15H20F2N2O3/c1-9-11(5-3-6-12(9)22-14(16)17)19-15(20)18-10(2)13-7-4-8-21-13/h3,5-6,10,13-14H,4,7-8H2,1-2H3,(H2,18,19,20)/t10-,13-/m0/s1. The zero-order chi connectivity index (χ0) is 16.1. The third-order valence-corrected chi connectivity index (χ3v) is 3.63. The Bertz CT molecular complexity index is 520. The van der Waals surface area contributed by atoms with E-state index in [1.165, 1.54) is 6.07 Å². The lowest BCUT2D eigenvalue weighted by Gasteiger charge is -2.21. The maximum Gasteiger partial charge on any atom is 0.387 e. The third kappa shape index (κ3) is 4.30. The Hall–Kier alpha value is -1.89. The van der Waals surface area contributed by atoms with Crippen molar-refractivity contribution in [2.75, 3.05) is 11.9 Å². The van der Waals surface area contributed by atoms with Crippen LogP contribution in [0.3, 0.4) is 0 Å². The van der Waals surface area contributed by atoms with Gasteiger partial charge in [-0.2, -0.15) is 8.78 Å². The second kappa shape index (κ2) is 7.40. The molecule has 0 saturated carbocycles. The molecule has 22 heavy (non-hydrogen) atoms. The lowest BCUT2D eigenvalue weighted by atomic mass is 10.1. The van der Waals surface area contributed by atoms with Gasteiger partial charge in [-0.1, -0.05) is 6.07 Å². The molecule has 2 atom stereocenters. The summed E-state index contributed by atoms with van der Waals surface area (Å²) in [6, 6.07) is 4.08. The Balaban J connectivity index is 1.96. The second-order valence-electron chi connectivity index (χ2n) is 5.25. The number of carbonyl (C=O) groups excluding carboxylic acids is 1. The molecule has 5 nitrogen and oxygen atoms in total. The van der Waals surface area contributed by atoms with Gasteiger partial charge in [-0.15, -0.1) is 0 Å². The fraction of sp³-hybridized carbons (Fsp3) is 0.533. The topological polar surface area (TPSA) is 59.6 Å². The first kappa shape index (κ1) is 16.5. The van der Waals surface area contributed by atoms with Crippen molar-refractivity contribution in [3.8, 4) is 5.75 Å². The van der Waals surface area contributed by atoms with E-state index in [0.717, 1.165) is 12.8 Å². The zero-order valence-electron chi connectivity index (χ0n) is 12.6. The first-order valence-corrected chi connectivity index (χ1v) is 7.21. The van der Waals surface area contributed by atoms with E-state index in [1.54, 1.807) is 19.1 Å². The fourth-order valence-corrected chi connectivity index (χ4v) is 2.43. The fourth-order valence-electron chi connectivity index (χ4n) is 2.43. The molecule has 1 aliphatic rings. The summed E-state index contributed by atoms with van der Waals surface area (Å²) >= 11 is 0. The van der Waals surface area contributed by atoms with E-state index in [1.807, 2.05) is 6.92 Å². The number of amides is 2.